The Morgan fingerprint density at radius 3 is 2.50 bits per heavy atom. The van der Waals surface area contributed by atoms with Crippen LogP contribution in [0.25, 0.3) is 0 Å². The van der Waals surface area contributed by atoms with Crippen molar-refractivity contribution in [1.29, 1.82) is 0 Å². The van der Waals surface area contributed by atoms with Gasteiger partial charge in [-0.15, -0.1) is 12.6 Å². The zero-order chi connectivity index (χ0) is 5.56. The molecule has 2 aliphatic rings. The van der Waals surface area contributed by atoms with Gasteiger partial charge in [0, 0.05) is 0 Å². The molecule has 0 aromatic rings. The second kappa shape index (κ2) is 1.53. The van der Waals surface area contributed by atoms with Gasteiger partial charge in [0.2, 0.25) is 0 Å². The monoisotopic (exact) mass is 126 g/mol. The topological polar surface area (TPSA) is 0 Å². The van der Waals surface area contributed by atoms with Gasteiger partial charge in [-0.2, -0.15) is 0 Å². The number of rotatable bonds is 0. The minimum absolute atomic E-state index is 0.998. The Bertz CT molecular complexity index is 144. The van der Waals surface area contributed by atoms with Crippen LogP contribution in [0.2, 0.25) is 0 Å². The molecular weight excluding hydrogens is 116 g/mol. The molecule has 2 rings (SSSR count). The summed E-state index contributed by atoms with van der Waals surface area (Å²) >= 11 is 4.38. The van der Waals surface area contributed by atoms with Crippen LogP contribution < -0.4 is 0 Å². The van der Waals surface area contributed by atoms with Gasteiger partial charge in [-0.1, -0.05) is 5.57 Å². The van der Waals surface area contributed by atoms with E-state index in [-0.39, 0.29) is 0 Å². The largest absolute Gasteiger partial charge is 0.148 e. The van der Waals surface area contributed by atoms with Gasteiger partial charge in [0.15, 0.2) is 0 Å². The Labute approximate surface area is 55.4 Å². The minimum Gasteiger partial charge on any atom is -0.148 e. The Kier molecular flexibility index (Phi) is 0.944. The lowest BCUT2D eigenvalue weighted by molar-refractivity contribution is 0.573. The Morgan fingerprint density at radius 1 is 1.38 bits per heavy atom. The van der Waals surface area contributed by atoms with E-state index in [9.17, 15) is 0 Å². The fraction of sp³-hybridized carbons (Fsp3) is 0.714. The lowest BCUT2D eigenvalue weighted by Gasteiger charge is -2.04. The van der Waals surface area contributed by atoms with Crippen LogP contribution in [-0.4, -0.2) is 0 Å². The predicted octanol–water partition coefficient (Wildman–Crippen LogP) is 2.37. The molecular formula is C7H10S. The van der Waals surface area contributed by atoms with Crippen LogP contribution in [0.4, 0.5) is 0 Å². The quantitative estimate of drug-likeness (QED) is 0.473. The molecule has 8 heavy (non-hydrogen) atoms. The van der Waals surface area contributed by atoms with Crippen molar-refractivity contribution in [3.8, 4) is 0 Å². The highest BCUT2D eigenvalue weighted by atomic mass is 32.1. The summed E-state index contributed by atoms with van der Waals surface area (Å²) in [6.45, 7) is 0. The van der Waals surface area contributed by atoms with E-state index < -0.39 is 0 Å². The number of thiol groups is 1. The second-order valence-corrected chi connectivity index (χ2v) is 3.40. The first-order valence-electron chi connectivity index (χ1n) is 3.26. The molecule has 0 radical (unpaired) electrons. The Morgan fingerprint density at radius 2 is 2.25 bits per heavy atom. The molecule has 0 spiro atoms. The van der Waals surface area contributed by atoms with E-state index in [4.69, 9.17) is 0 Å². The van der Waals surface area contributed by atoms with Crippen molar-refractivity contribution in [2.24, 2.45) is 5.92 Å². The average Bonchev–Trinajstić information content (AvgIpc) is 2.23. The third-order valence-corrected chi connectivity index (χ3v) is 2.78. The highest BCUT2D eigenvalue weighted by Crippen LogP contribution is 2.45. The standard InChI is InChI=1S/C7H10S/c8-7-4-5-1-2-6(7)3-5/h5,8H,1-4H2. The predicted molar refractivity (Wildman–Crippen MR) is 38.0 cm³/mol. The summed E-state index contributed by atoms with van der Waals surface area (Å²) < 4.78 is 0. The molecule has 2 aliphatic carbocycles. The molecule has 0 amide bonds. The van der Waals surface area contributed by atoms with E-state index in [1.165, 1.54) is 30.6 Å². The zero-order valence-corrected chi connectivity index (χ0v) is 5.75. The van der Waals surface area contributed by atoms with Gasteiger partial charge in [-0.25, -0.2) is 0 Å². The first-order valence-corrected chi connectivity index (χ1v) is 3.71. The summed E-state index contributed by atoms with van der Waals surface area (Å²) in [5.41, 5.74) is 1.65. The van der Waals surface area contributed by atoms with Crippen LogP contribution in [0.3, 0.4) is 0 Å². The molecule has 0 heterocycles. The van der Waals surface area contributed by atoms with Gasteiger partial charge in [-0.05, 0) is 36.5 Å². The molecule has 44 valence electrons. The van der Waals surface area contributed by atoms with Crippen LogP contribution in [0.1, 0.15) is 25.7 Å². The lowest BCUT2D eigenvalue weighted by atomic mass is 10.1. The van der Waals surface area contributed by atoms with E-state index in [1.54, 1.807) is 5.57 Å². The number of hydrogen-bond acceptors (Lipinski definition) is 1. The first-order chi connectivity index (χ1) is 3.86. The zero-order valence-electron chi connectivity index (χ0n) is 4.85. The molecule has 0 nitrogen and oxygen atoms in total. The van der Waals surface area contributed by atoms with Crippen LogP contribution >= 0.6 is 12.6 Å². The summed E-state index contributed by atoms with van der Waals surface area (Å²) in [4.78, 5) is 1.40. The molecule has 0 aromatic carbocycles. The van der Waals surface area contributed by atoms with E-state index in [0.29, 0.717) is 0 Å². The summed E-state index contributed by atoms with van der Waals surface area (Å²) in [6.07, 6.45) is 5.46. The highest BCUT2D eigenvalue weighted by molar-refractivity contribution is 7.84. The fourth-order valence-corrected chi connectivity index (χ4v) is 2.25. The molecule has 2 bridgehead atoms. The molecule has 1 saturated carbocycles. The smallest absolute Gasteiger partial charge is 0.0189 e. The van der Waals surface area contributed by atoms with Crippen molar-refractivity contribution in [2.45, 2.75) is 25.7 Å². The van der Waals surface area contributed by atoms with E-state index in [2.05, 4.69) is 12.6 Å². The summed E-state index contributed by atoms with van der Waals surface area (Å²) in [5.74, 6) is 0.998. The number of hydrogen-bond donors (Lipinski definition) is 1. The Balaban J connectivity index is 2.33. The Hall–Kier alpha value is 0.0900. The van der Waals surface area contributed by atoms with Crippen molar-refractivity contribution in [2.75, 3.05) is 0 Å². The van der Waals surface area contributed by atoms with E-state index in [1.807, 2.05) is 0 Å². The third-order valence-electron chi connectivity index (χ3n) is 2.28. The summed E-state index contributed by atoms with van der Waals surface area (Å²) in [6, 6.07) is 0. The fourth-order valence-electron chi connectivity index (χ4n) is 1.79. The van der Waals surface area contributed by atoms with Crippen molar-refractivity contribution in [1.82, 2.24) is 0 Å². The summed E-state index contributed by atoms with van der Waals surface area (Å²) in [7, 11) is 0. The molecule has 0 N–H and O–H groups in total. The van der Waals surface area contributed by atoms with Gasteiger partial charge in [0.1, 0.15) is 0 Å². The van der Waals surface area contributed by atoms with Crippen molar-refractivity contribution in [3.63, 3.8) is 0 Å². The van der Waals surface area contributed by atoms with Crippen LogP contribution in [0.5, 0.6) is 0 Å². The van der Waals surface area contributed by atoms with Gasteiger partial charge in [0.05, 0.1) is 0 Å². The number of allylic oxidation sites excluding steroid dienone is 2. The maximum absolute atomic E-state index is 4.38. The average molecular weight is 126 g/mol. The van der Waals surface area contributed by atoms with Gasteiger partial charge in [-0.3, -0.25) is 0 Å². The van der Waals surface area contributed by atoms with Gasteiger partial charge in [0.25, 0.3) is 0 Å². The molecule has 0 aliphatic heterocycles. The van der Waals surface area contributed by atoms with Crippen LogP contribution in [0.15, 0.2) is 10.5 Å². The normalized spacial score (nSPS) is 34.9. The molecule has 0 saturated heterocycles. The van der Waals surface area contributed by atoms with Crippen molar-refractivity contribution >= 4 is 12.6 Å². The van der Waals surface area contributed by atoms with Crippen LogP contribution in [0, 0.1) is 5.92 Å². The van der Waals surface area contributed by atoms with Crippen LogP contribution in [-0.2, 0) is 0 Å². The van der Waals surface area contributed by atoms with E-state index >= 15 is 0 Å². The molecule has 1 atom stereocenters. The lowest BCUT2D eigenvalue weighted by Crippen LogP contribution is -1.88. The maximum Gasteiger partial charge on any atom is -0.0189 e. The summed E-state index contributed by atoms with van der Waals surface area (Å²) in [5, 5.41) is 0. The van der Waals surface area contributed by atoms with Gasteiger partial charge < -0.3 is 0 Å². The SMILES string of the molecule is SC1=C2CCC(C1)C2. The third kappa shape index (κ3) is 0.540. The van der Waals surface area contributed by atoms with Gasteiger partial charge >= 0.3 is 0 Å². The maximum atomic E-state index is 4.38. The highest BCUT2D eigenvalue weighted by Gasteiger charge is 2.27. The molecule has 0 aromatic heterocycles. The first kappa shape index (κ1) is 4.92. The minimum atomic E-state index is 0.998. The van der Waals surface area contributed by atoms with Crippen molar-refractivity contribution in [3.05, 3.63) is 10.5 Å². The van der Waals surface area contributed by atoms with E-state index in [0.717, 1.165) is 5.92 Å². The number of fused-ring (bicyclic) bond motifs is 2. The van der Waals surface area contributed by atoms with Crippen molar-refractivity contribution < 1.29 is 0 Å². The molecule has 1 fully saturated rings. The molecule has 1 heteroatoms. The second-order valence-electron chi connectivity index (χ2n) is 2.86. The molecule has 1 unspecified atom stereocenters.